The molecule has 7 rings (SSSR count). The molecular weight excluding hydrogens is 410 g/mol. The average Bonchev–Trinajstić information content (AvgIpc) is 2.74. The van der Waals surface area contributed by atoms with Crippen molar-refractivity contribution in [2.24, 2.45) is 28.1 Å². The number of carbonyl (C=O) groups is 2. The second-order valence-corrected chi connectivity index (χ2v) is 13.1. The molecule has 2 aliphatic heterocycles. The molecule has 6 aliphatic rings. The monoisotopic (exact) mass is 449 g/mol. The van der Waals surface area contributed by atoms with Crippen LogP contribution < -0.4 is 0 Å². The summed E-state index contributed by atoms with van der Waals surface area (Å²) >= 11 is 0. The zero-order valence-corrected chi connectivity index (χ0v) is 20.4. The lowest BCUT2D eigenvalue weighted by Crippen LogP contribution is -2.61. The van der Waals surface area contributed by atoms with Crippen LogP contribution in [0.25, 0.3) is 0 Å². The van der Waals surface area contributed by atoms with Crippen molar-refractivity contribution >= 4 is 11.9 Å². The molecule has 0 aromatic heterocycles. The second-order valence-electron chi connectivity index (χ2n) is 13.1. The van der Waals surface area contributed by atoms with E-state index >= 15 is 0 Å². The SMILES string of the molecule is CC12CC3CC(C)(C1)CC(C(=O)C1CC4CCCC(C1)N4C(=O)OCc1ccccc1)(C3)C2. The third kappa shape index (κ3) is 3.72. The van der Waals surface area contributed by atoms with E-state index in [0.717, 1.165) is 62.8 Å². The molecule has 1 amide bonds. The summed E-state index contributed by atoms with van der Waals surface area (Å²) in [5, 5.41) is 0. The molecule has 6 bridgehead atoms. The van der Waals surface area contributed by atoms with E-state index in [4.69, 9.17) is 4.74 Å². The van der Waals surface area contributed by atoms with Crippen molar-refractivity contribution in [1.82, 2.24) is 4.90 Å². The van der Waals surface area contributed by atoms with Crippen LogP contribution in [0.2, 0.25) is 0 Å². The number of hydrogen-bond donors (Lipinski definition) is 0. The van der Waals surface area contributed by atoms with Gasteiger partial charge in [-0.1, -0.05) is 44.2 Å². The van der Waals surface area contributed by atoms with Gasteiger partial charge in [-0.15, -0.1) is 0 Å². The molecule has 178 valence electrons. The first-order valence-corrected chi connectivity index (χ1v) is 13.3. The fraction of sp³-hybridized carbons (Fsp3) is 0.724. The summed E-state index contributed by atoms with van der Waals surface area (Å²) < 4.78 is 5.73. The first kappa shape index (κ1) is 21.7. The van der Waals surface area contributed by atoms with Crippen LogP contribution in [0.4, 0.5) is 4.79 Å². The van der Waals surface area contributed by atoms with Gasteiger partial charge in [0.2, 0.25) is 0 Å². The molecular formula is C29H39NO3. The summed E-state index contributed by atoms with van der Waals surface area (Å²) in [5.41, 5.74) is 1.66. The summed E-state index contributed by atoms with van der Waals surface area (Å²) in [4.78, 5) is 29.3. The molecule has 4 unspecified atom stereocenters. The Hall–Kier alpha value is -1.84. The Morgan fingerprint density at radius 3 is 2.18 bits per heavy atom. The maximum absolute atomic E-state index is 14.2. The summed E-state index contributed by atoms with van der Waals surface area (Å²) in [5.74, 6) is 1.44. The maximum atomic E-state index is 14.2. The van der Waals surface area contributed by atoms with Crippen molar-refractivity contribution in [1.29, 1.82) is 0 Å². The minimum Gasteiger partial charge on any atom is -0.445 e. The summed E-state index contributed by atoms with van der Waals surface area (Å²) in [6.45, 7) is 5.23. The Balaban J connectivity index is 1.17. The predicted octanol–water partition coefficient (Wildman–Crippen LogP) is 6.52. The number of amides is 1. The Morgan fingerprint density at radius 1 is 0.939 bits per heavy atom. The zero-order valence-electron chi connectivity index (χ0n) is 20.4. The van der Waals surface area contributed by atoms with Gasteiger partial charge in [0.15, 0.2) is 0 Å². The van der Waals surface area contributed by atoms with Crippen LogP contribution in [0.1, 0.15) is 90.0 Å². The molecule has 4 atom stereocenters. The number of fused-ring (bicyclic) bond motifs is 2. The first-order valence-electron chi connectivity index (χ1n) is 13.3. The standard InChI is InChI=1S/C29H39NO3/c1-27-13-21-14-28(2,17-27)19-29(15-21,18-27)25(31)22-11-23-9-6-10-24(12-22)30(23)26(32)33-16-20-7-4-3-5-8-20/h3-5,7-8,21-24H,6,9-19H2,1-2H3. The van der Waals surface area contributed by atoms with E-state index in [1.54, 1.807) is 0 Å². The minimum absolute atomic E-state index is 0.0854. The lowest BCUT2D eigenvalue weighted by molar-refractivity contribution is -0.174. The van der Waals surface area contributed by atoms with Crippen LogP contribution in [0.5, 0.6) is 0 Å². The molecule has 4 aliphatic carbocycles. The fourth-order valence-electron chi connectivity index (χ4n) is 9.84. The zero-order chi connectivity index (χ0) is 22.8. The molecule has 33 heavy (non-hydrogen) atoms. The highest BCUT2D eigenvalue weighted by Crippen LogP contribution is 2.70. The van der Waals surface area contributed by atoms with Crippen molar-refractivity contribution in [3.8, 4) is 0 Å². The number of piperidine rings is 2. The topological polar surface area (TPSA) is 46.6 Å². The van der Waals surface area contributed by atoms with Gasteiger partial charge in [-0.05, 0) is 92.9 Å². The van der Waals surface area contributed by atoms with Gasteiger partial charge < -0.3 is 9.64 Å². The van der Waals surface area contributed by atoms with Crippen molar-refractivity contribution in [3.05, 3.63) is 35.9 Å². The Kier molecular flexibility index (Phi) is 4.98. The van der Waals surface area contributed by atoms with Gasteiger partial charge in [-0.3, -0.25) is 4.79 Å². The van der Waals surface area contributed by atoms with Gasteiger partial charge in [0.05, 0.1) is 0 Å². The van der Waals surface area contributed by atoms with Crippen LogP contribution in [-0.4, -0.2) is 28.9 Å². The largest absolute Gasteiger partial charge is 0.445 e. The lowest BCUT2D eigenvalue weighted by atomic mass is 9.39. The van der Waals surface area contributed by atoms with Crippen LogP contribution in [-0.2, 0) is 16.1 Å². The third-order valence-electron chi connectivity index (χ3n) is 9.91. The molecule has 2 saturated heterocycles. The van der Waals surface area contributed by atoms with Crippen LogP contribution in [0.3, 0.4) is 0 Å². The average molecular weight is 450 g/mol. The van der Waals surface area contributed by atoms with E-state index in [1.165, 1.54) is 19.3 Å². The van der Waals surface area contributed by atoms with E-state index in [2.05, 4.69) is 13.8 Å². The van der Waals surface area contributed by atoms with E-state index in [0.29, 0.717) is 23.2 Å². The molecule has 4 saturated carbocycles. The van der Waals surface area contributed by atoms with Crippen LogP contribution >= 0.6 is 0 Å². The Bertz CT molecular complexity index is 909. The lowest BCUT2D eigenvalue weighted by Gasteiger charge is -2.65. The summed E-state index contributed by atoms with van der Waals surface area (Å²) in [6.07, 6.45) is 12.0. The van der Waals surface area contributed by atoms with Crippen LogP contribution in [0.15, 0.2) is 30.3 Å². The van der Waals surface area contributed by atoms with Gasteiger partial charge in [0, 0.05) is 23.4 Å². The molecule has 1 aromatic carbocycles. The highest BCUT2D eigenvalue weighted by atomic mass is 16.6. The quantitative estimate of drug-likeness (QED) is 0.525. The van der Waals surface area contributed by atoms with Crippen molar-refractivity contribution in [2.45, 2.75) is 103 Å². The molecule has 0 spiro atoms. The Morgan fingerprint density at radius 2 is 1.58 bits per heavy atom. The summed E-state index contributed by atoms with van der Waals surface area (Å²) in [6, 6.07) is 10.2. The van der Waals surface area contributed by atoms with Gasteiger partial charge in [0.25, 0.3) is 0 Å². The van der Waals surface area contributed by atoms with Crippen molar-refractivity contribution < 1.29 is 14.3 Å². The summed E-state index contributed by atoms with van der Waals surface area (Å²) in [7, 11) is 0. The van der Waals surface area contributed by atoms with Gasteiger partial charge in [-0.25, -0.2) is 4.79 Å². The molecule has 4 heteroatoms. The molecule has 4 nitrogen and oxygen atoms in total. The number of benzene rings is 1. The number of nitrogens with zero attached hydrogens (tertiary/aromatic N) is 1. The number of hydrogen-bond acceptors (Lipinski definition) is 3. The highest BCUT2D eigenvalue weighted by Gasteiger charge is 2.63. The number of ether oxygens (including phenoxy) is 1. The van der Waals surface area contributed by atoms with E-state index in [-0.39, 0.29) is 29.5 Å². The molecule has 0 radical (unpaired) electrons. The molecule has 2 heterocycles. The fourth-order valence-corrected chi connectivity index (χ4v) is 9.84. The molecule has 1 aromatic rings. The van der Waals surface area contributed by atoms with Crippen molar-refractivity contribution in [2.75, 3.05) is 0 Å². The molecule has 6 fully saturated rings. The van der Waals surface area contributed by atoms with E-state index in [1.807, 2.05) is 35.2 Å². The number of rotatable bonds is 4. The first-order chi connectivity index (χ1) is 15.8. The second kappa shape index (κ2) is 7.58. The van der Waals surface area contributed by atoms with E-state index in [9.17, 15) is 9.59 Å². The van der Waals surface area contributed by atoms with Crippen molar-refractivity contribution in [3.63, 3.8) is 0 Å². The number of carbonyl (C=O) groups excluding carboxylic acids is 2. The number of ketones is 1. The maximum Gasteiger partial charge on any atom is 0.410 e. The van der Waals surface area contributed by atoms with E-state index < -0.39 is 0 Å². The van der Waals surface area contributed by atoms with Gasteiger partial charge in [-0.2, -0.15) is 0 Å². The molecule has 0 N–H and O–H groups in total. The normalized spacial score (nSPS) is 43.4. The predicted molar refractivity (Wildman–Crippen MR) is 127 cm³/mol. The third-order valence-corrected chi connectivity index (χ3v) is 9.91. The highest BCUT2D eigenvalue weighted by molar-refractivity contribution is 5.88. The van der Waals surface area contributed by atoms with Gasteiger partial charge >= 0.3 is 6.09 Å². The van der Waals surface area contributed by atoms with Crippen LogP contribution in [0, 0.1) is 28.1 Å². The van der Waals surface area contributed by atoms with Gasteiger partial charge in [0.1, 0.15) is 12.4 Å². The minimum atomic E-state index is -0.186. The smallest absolute Gasteiger partial charge is 0.410 e. The Labute approximate surface area is 198 Å². The number of Topliss-reactive ketones (excluding diaryl/α,β-unsaturated/α-hetero) is 1.